The summed E-state index contributed by atoms with van der Waals surface area (Å²) in [6.45, 7) is 1.76. The fourth-order valence-electron chi connectivity index (χ4n) is 3.50. The standard InChI is InChI=1S/C21H24N6/c22-19-13-18(20-21(24-19)26-27-25-20)17(16-9-5-2-6-10-16)11-12-23-14-15-7-3-1-4-8-15/h1-10,13,17,23,25,27H,11-12,14H2,(H3,22,24,26). The molecule has 0 amide bonds. The first kappa shape index (κ1) is 17.3. The van der Waals surface area contributed by atoms with Gasteiger partial charge in [0.2, 0.25) is 0 Å². The third-order valence-corrected chi connectivity index (χ3v) is 4.80. The van der Waals surface area contributed by atoms with Gasteiger partial charge >= 0.3 is 0 Å². The van der Waals surface area contributed by atoms with E-state index in [9.17, 15) is 0 Å². The van der Waals surface area contributed by atoms with Gasteiger partial charge in [0.15, 0.2) is 5.82 Å². The molecule has 1 aromatic heterocycles. The van der Waals surface area contributed by atoms with Gasteiger partial charge in [0, 0.05) is 12.5 Å². The molecular formula is C21H24N6. The number of aromatic nitrogens is 1. The number of nitrogens with one attached hydrogen (secondary N) is 4. The lowest BCUT2D eigenvalue weighted by Gasteiger charge is -2.21. The molecule has 0 aliphatic carbocycles. The smallest absolute Gasteiger partial charge is 0.169 e. The summed E-state index contributed by atoms with van der Waals surface area (Å²) < 4.78 is 0. The van der Waals surface area contributed by atoms with Crippen LogP contribution >= 0.6 is 0 Å². The van der Waals surface area contributed by atoms with Crippen molar-refractivity contribution in [2.24, 2.45) is 0 Å². The number of hydrazine groups is 2. The van der Waals surface area contributed by atoms with Crippen molar-refractivity contribution in [3.8, 4) is 0 Å². The maximum absolute atomic E-state index is 6.06. The lowest BCUT2D eigenvalue weighted by molar-refractivity contribution is 0.612. The number of pyridine rings is 1. The average Bonchev–Trinajstić information content (AvgIpc) is 3.17. The Bertz CT molecular complexity index is 882. The quantitative estimate of drug-likeness (QED) is 0.416. The maximum atomic E-state index is 6.06. The van der Waals surface area contributed by atoms with Gasteiger partial charge in [-0.3, -0.25) is 5.43 Å². The molecule has 6 nitrogen and oxygen atoms in total. The summed E-state index contributed by atoms with van der Waals surface area (Å²) in [5.41, 5.74) is 19.8. The van der Waals surface area contributed by atoms with Gasteiger partial charge in [-0.15, -0.1) is 5.53 Å². The summed E-state index contributed by atoms with van der Waals surface area (Å²) >= 11 is 0. The summed E-state index contributed by atoms with van der Waals surface area (Å²) in [7, 11) is 0. The third-order valence-electron chi connectivity index (χ3n) is 4.80. The Balaban J connectivity index is 1.54. The van der Waals surface area contributed by atoms with Crippen LogP contribution in [0.4, 0.5) is 17.3 Å². The molecule has 2 aromatic carbocycles. The second-order valence-corrected chi connectivity index (χ2v) is 6.65. The highest BCUT2D eigenvalue weighted by Gasteiger charge is 2.23. The summed E-state index contributed by atoms with van der Waals surface area (Å²) in [4.78, 5) is 4.35. The second-order valence-electron chi connectivity index (χ2n) is 6.65. The molecule has 0 spiro atoms. The first-order valence-electron chi connectivity index (χ1n) is 9.18. The first-order valence-corrected chi connectivity index (χ1v) is 9.18. The molecule has 6 N–H and O–H groups in total. The molecule has 138 valence electrons. The van der Waals surface area contributed by atoms with E-state index in [1.807, 2.05) is 18.2 Å². The summed E-state index contributed by atoms with van der Waals surface area (Å²) in [6, 6.07) is 23.0. The predicted octanol–water partition coefficient (Wildman–Crippen LogP) is 3.23. The maximum Gasteiger partial charge on any atom is 0.169 e. The Morgan fingerprint density at radius 2 is 1.70 bits per heavy atom. The van der Waals surface area contributed by atoms with Crippen molar-refractivity contribution >= 4 is 17.3 Å². The molecule has 1 atom stereocenters. The fraction of sp³-hybridized carbons (Fsp3) is 0.190. The molecule has 0 saturated heterocycles. The Morgan fingerprint density at radius 1 is 0.963 bits per heavy atom. The van der Waals surface area contributed by atoms with Crippen molar-refractivity contribution < 1.29 is 0 Å². The zero-order valence-electron chi connectivity index (χ0n) is 15.1. The largest absolute Gasteiger partial charge is 0.384 e. The van der Waals surface area contributed by atoms with E-state index >= 15 is 0 Å². The predicted molar refractivity (Wildman–Crippen MR) is 110 cm³/mol. The van der Waals surface area contributed by atoms with Crippen LogP contribution < -0.4 is 27.4 Å². The van der Waals surface area contributed by atoms with Gasteiger partial charge in [-0.1, -0.05) is 60.7 Å². The van der Waals surface area contributed by atoms with Crippen LogP contribution in [0.25, 0.3) is 0 Å². The number of nitrogen functional groups attached to an aromatic ring is 1. The molecular weight excluding hydrogens is 336 g/mol. The van der Waals surface area contributed by atoms with Gasteiger partial charge in [0.1, 0.15) is 5.82 Å². The Kier molecular flexibility index (Phi) is 5.18. The second kappa shape index (κ2) is 8.07. The third kappa shape index (κ3) is 4.02. The van der Waals surface area contributed by atoms with Crippen LogP contribution in [-0.2, 0) is 6.54 Å². The number of benzene rings is 2. The molecule has 0 radical (unpaired) electrons. The number of anilines is 3. The number of fused-ring (bicyclic) bond motifs is 1. The molecule has 1 aliphatic rings. The van der Waals surface area contributed by atoms with E-state index in [-0.39, 0.29) is 5.92 Å². The number of hydrogen-bond donors (Lipinski definition) is 5. The zero-order valence-corrected chi connectivity index (χ0v) is 15.1. The fourth-order valence-corrected chi connectivity index (χ4v) is 3.50. The van der Waals surface area contributed by atoms with E-state index in [2.05, 4.69) is 75.2 Å². The molecule has 1 unspecified atom stereocenters. The summed E-state index contributed by atoms with van der Waals surface area (Å²) in [5.74, 6) is 1.46. The molecule has 3 aromatic rings. The SMILES string of the molecule is Nc1cc(C(CCNCc2ccccc2)c2ccccc2)c2c(n1)NNN2. The molecule has 2 heterocycles. The number of rotatable bonds is 7. The van der Waals surface area contributed by atoms with Gasteiger partial charge in [-0.25, -0.2) is 4.98 Å². The Hall–Kier alpha value is -3.09. The molecule has 1 aliphatic heterocycles. The van der Waals surface area contributed by atoms with Crippen molar-refractivity contribution in [1.29, 1.82) is 0 Å². The average molecular weight is 360 g/mol. The van der Waals surface area contributed by atoms with Crippen LogP contribution in [0.15, 0.2) is 66.7 Å². The number of nitrogens with two attached hydrogens (primary N) is 1. The van der Waals surface area contributed by atoms with Crippen LogP contribution in [-0.4, -0.2) is 11.5 Å². The highest BCUT2D eigenvalue weighted by molar-refractivity contribution is 5.75. The Labute approximate surface area is 159 Å². The minimum Gasteiger partial charge on any atom is -0.384 e. The molecule has 0 bridgehead atoms. The van der Waals surface area contributed by atoms with Crippen molar-refractivity contribution in [2.45, 2.75) is 18.9 Å². The van der Waals surface area contributed by atoms with Crippen molar-refractivity contribution in [1.82, 2.24) is 15.8 Å². The van der Waals surface area contributed by atoms with E-state index < -0.39 is 0 Å². The minimum absolute atomic E-state index is 0.211. The van der Waals surface area contributed by atoms with E-state index in [1.165, 1.54) is 11.1 Å². The van der Waals surface area contributed by atoms with Crippen molar-refractivity contribution in [3.05, 3.63) is 83.4 Å². The summed E-state index contributed by atoms with van der Waals surface area (Å²) in [6.07, 6.45) is 0.953. The van der Waals surface area contributed by atoms with Crippen LogP contribution in [0, 0.1) is 0 Å². The van der Waals surface area contributed by atoms with Crippen LogP contribution in [0.1, 0.15) is 29.0 Å². The normalized spacial score (nSPS) is 13.5. The lowest BCUT2D eigenvalue weighted by Crippen LogP contribution is -2.20. The van der Waals surface area contributed by atoms with Gasteiger partial charge in [0.05, 0.1) is 5.69 Å². The van der Waals surface area contributed by atoms with Gasteiger partial charge in [0.25, 0.3) is 0 Å². The van der Waals surface area contributed by atoms with E-state index in [0.717, 1.165) is 36.6 Å². The first-order chi connectivity index (χ1) is 13.3. The van der Waals surface area contributed by atoms with Crippen LogP contribution in [0.3, 0.4) is 0 Å². The highest BCUT2D eigenvalue weighted by atomic mass is 15.6. The van der Waals surface area contributed by atoms with E-state index in [0.29, 0.717) is 5.82 Å². The molecule has 6 heteroatoms. The highest BCUT2D eigenvalue weighted by Crippen LogP contribution is 2.38. The lowest BCUT2D eigenvalue weighted by atomic mass is 9.87. The van der Waals surface area contributed by atoms with E-state index in [1.54, 1.807) is 0 Å². The number of nitrogens with zero attached hydrogens (tertiary/aromatic N) is 1. The summed E-state index contributed by atoms with van der Waals surface area (Å²) in [5, 5.41) is 3.56. The monoisotopic (exact) mass is 360 g/mol. The van der Waals surface area contributed by atoms with E-state index in [4.69, 9.17) is 5.73 Å². The molecule has 4 rings (SSSR count). The van der Waals surface area contributed by atoms with Crippen LogP contribution in [0.5, 0.6) is 0 Å². The van der Waals surface area contributed by atoms with Crippen LogP contribution in [0.2, 0.25) is 0 Å². The van der Waals surface area contributed by atoms with Crippen molar-refractivity contribution in [3.63, 3.8) is 0 Å². The molecule has 0 fully saturated rings. The number of hydrogen-bond acceptors (Lipinski definition) is 6. The Morgan fingerprint density at radius 3 is 2.48 bits per heavy atom. The van der Waals surface area contributed by atoms with Gasteiger partial charge in [-0.05, 0) is 35.7 Å². The molecule has 27 heavy (non-hydrogen) atoms. The zero-order chi connectivity index (χ0) is 18.5. The minimum atomic E-state index is 0.211. The van der Waals surface area contributed by atoms with Gasteiger partial charge in [-0.2, -0.15) is 0 Å². The molecule has 0 saturated carbocycles. The van der Waals surface area contributed by atoms with Gasteiger partial charge < -0.3 is 16.5 Å². The van der Waals surface area contributed by atoms with Crippen molar-refractivity contribution in [2.75, 3.05) is 23.1 Å². The topological polar surface area (TPSA) is 87.0 Å².